The number of aliphatic hydroxyl groups is 2. The van der Waals surface area contributed by atoms with E-state index in [0.717, 1.165) is 57.8 Å². The van der Waals surface area contributed by atoms with E-state index >= 15 is 0 Å². The van der Waals surface area contributed by atoms with Crippen molar-refractivity contribution in [2.75, 3.05) is 19.7 Å². The summed E-state index contributed by atoms with van der Waals surface area (Å²) in [5.41, 5.74) is 0.267. The Hall–Kier alpha value is -1.04. The lowest BCUT2D eigenvalue weighted by Gasteiger charge is -2.64. The summed E-state index contributed by atoms with van der Waals surface area (Å²) in [5.74, 6) is -0.836. The normalized spacial score (nSPS) is 45.4. The van der Waals surface area contributed by atoms with Crippen LogP contribution in [0, 0.1) is 46.3 Å². The Labute approximate surface area is 231 Å². The van der Waals surface area contributed by atoms with Gasteiger partial charge in [0.15, 0.2) is 0 Å². The van der Waals surface area contributed by atoms with E-state index < -0.39 is 35.3 Å². The summed E-state index contributed by atoms with van der Waals surface area (Å²) in [6.45, 7) is 5.17. The van der Waals surface area contributed by atoms with Gasteiger partial charge in [-0.3, -0.25) is 0 Å². The molecule has 0 radical (unpaired) electrons. The van der Waals surface area contributed by atoms with Gasteiger partial charge in [-0.05, 0) is 104 Å². The second kappa shape index (κ2) is 10.3. The number of alkyl halides is 2. The molecule has 0 spiro atoms. The van der Waals surface area contributed by atoms with Gasteiger partial charge in [-0.15, -0.1) is 0 Å². The highest BCUT2D eigenvalue weighted by Gasteiger charge is 2.64. The van der Waals surface area contributed by atoms with Crippen molar-refractivity contribution in [2.24, 2.45) is 46.3 Å². The van der Waals surface area contributed by atoms with Crippen LogP contribution in [0.4, 0.5) is 13.6 Å². The van der Waals surface area contributed by atoms with Gasteiger partial charge in [-0.2, -0.15) is 12.7 Å². The fourth-order valence-corrected chi connectivity index (χ4v) is 11.0. The maximum Gasteiger partial charge on any atom is 0.421 e. The number of nitrogens with one attached hydrogen (secondary N) is 1. The Bertz CT molecular complexity index is 1040. The molecule has 39 heavy (non-hydrogen) atoms. The first-order valence-electron chi connectivity index (χ1n) is 14.9. The molecule has 4 saturated carbocycles. The summed E-state index contributed by atoms with van der Waals surface area (Å²) >= 11 is 0. The van der Waals surface area contributed by atoms with Gasteiger partial charge >= 0.3 is 16.3 Å². The molecule has 1 saturated heterocycles. The Kier molecular flexibility index (Phi) is 7.81. The molecule has 1 heterocycles. The van der Waals surface area contributed by atoms with Crippen molar-refractivity contribution in [3.63, 3.8) is 0 Å². The second-order valence-electron chi connectivity index (χ2n) is 13.7. The number of carbonyl (C=O) groups is 1. The van der Waals surface area contributed by atoms with Crippen LogP contribution < -0.4 is 4.72 Å². The van der Waals surface area contributed by atoms with Crippen LogP contribution in [0.15, 0.2) is 0 Å². The molecule has 4 aliphatic carbocycles. The van der Waals surface area contributed by atoms with Crippen LogP contribution >= 0.6 is 0 Å². The van der Waals surface area contributed by atoms with Crippen molar-refractivity contribution in [1.29, 1.82) is 0 Å². The summed E-state index contributed by atoms with van der Waals surface area (Å²) < 4.78 is 57.3. The highest BCUT2D eigenvalue weighted by atomic mass is 32.2. The molecule has 8 nitrogen and oxygen atoms in total. The molecule has 224 valence electrons. The first-order chi connectivity index (χ1) is 18.2. The van der Waals surface area contributed by atoms with Crippen LogP contribution in [-0.4, -0.2) is 66.9 Å². The van der Waals surface area contributed by atoms with Crippen LogP contribution in [0.1, 0.15) is 85.0 Å². The van der Waals surface area contributed by atoms with E-state index in [1.165, 1.54) is 0 Å². The van der Waals surface area contributed by atoms with Crippen LogP contribution in [0.2, 0.25) is 0 Å². The topological polar surface area (TPSA) is 116 Å². The van der Waals surface area contributed by atoms with Gasteiger partial charge < -0.3 is 14.9 Å². The summed E-state index contributed by atoms with van der Waals surface area (Å²) in [5, 5.41) is 22.2. The Morgan fingerprint density at radius 1 is 1.03 bits per heavy atom. The van der Waals surface area contributed by atoms with Gasteiger partial charge in [0.2, 0.25) is 0 Å². The summed E-state index contributed by atoms with van der Waals surface area (Å²) in [6, 6.07) is 0. The number of halogens is 2. The van der Waals surface area contributed by atoms with Crippen molar-refractivity contribution in [3.05, 3.63) is 0 Å². The monoisotopic (exact) mass is 576 g/mol. The highest BCUT2D eigenvalue weighted by molar-refractivity contribution is 7.87. The third-order valence-electron chi connectivity index (χ3n) is 11.9. The molecule has 0 bridgehead atoms. The minimum Gasteiger partial charge on any atom is -0.449 e. The standard InChI is InChI=1S/C28H46F2N2O6S/c1-4-19-22-14-18(33)9-11-27(22,3)21-10-12-26(2)17(7-8-20(26)23(21)24(19)34)6-5-13-38-25(35)31-39(36,37)32-15-28(29,30)16-32/h17-24,33-34H,4-16H2,1-3H3,(H,31,35)/t17-,18+,19+,20-,21-,22-,23-,24+,26+,27+/m0/s1. The van der Waals surface area contributed by atoms with Crippen LogP contribution in [0.25, 0.3) is 0 Å². The van der Waals surface area contributed by atoms with Crippen molar-refractivity contribution >= 4 is 16.3 Å². The smallest absolute Gasteiger partial charge is 0.421 e. The van der Waals surface area contributed by atoms with E-state index in [2.05, 4.69) is 20.8 Å². The molecule has 0 aromatic heterocycles. The molecule has 0 unspecified atom stereocenters. The Balaban J connectivity index is 1.17. The minimum atomic E-state index is -4.32. The zero-order chi connectivity index (χ0) is 28.4. The molecule has 1 aliphatic heterocycles. The molecule has 1 amide bonds. The average molecular weight is 577 g/mol. The van der Waals surface area contributed by atoms with Gasteiger partial charge in [-0.25, -0.2) is 18.3 Å². The summed E-state index contributed by atoms with van der Waals surface area (Å²) in [6.07, 6.45) is 7.68. The van der Waals surface area contributed by atoms with Crippen molar-refractivity contribution in [2.45, 2.75) is 103 Å². The van der Waals surface area contributed by atoms with Gasteiger partial charge in [-0.1, -0.05) is 27.2 Å². The third-order valence-corrected chi connectivity index (χ3v) is 13.2. The Morgan fingerprint density at radius 2 is 1.69 bits per heavy atom. The molecule has 10 atom stereocenters. The molecule has 3 N–H and O–H groups in total. The molecule has 0 aromatic carbocycles. The zero-order valence-corrected chi connectivity index (χ0v) is 24.3. The number of carbonyl (C=O) groups excluding carboxylic acids is 1. The average Bonchev–Trinajstić information content (AvgIpc) is 3.17. The number of ether oxygens (including phenoxy) is 1. The highest BCUT2D eigenvalue weighted by Crippen LogP contribution is 2.69. The summed E-state index contributed by atoms with van der Waals surface area (Å²) in [4.78, 5) is 12.0. The number of amides is 1. The molecule has 11 heteroatoms. The van der Waals surface area contributed by atoms with Crippen molar-refractivity contribution in [1.82, 2.24) is 9.03 Å². The number of hydrogen-bond donors (Lipinski definition) is 3. The quantitative estimate of drug-likeness (QED) is 0.389. The summed E-state index contributed by atoms with van der Waals surface area (Å²) in [7, 11) is -4.32. The number of aliphatic hydroxyl groups excluding tert-OH is 2. The first kappa shape index (κ1) is 29.5. The molecule has 5 aliphatic rings. The van der Waals surface area contributed by atoms with Crippen LogP contribution in [-0.2, 0) is 14.9 Å². The van der Waals surface area contributed by atoms with E-state index in [1.807, 2.05) is 0 Å². The fraction of sp³-hybridized carbons (Fsp3) is 0.964. The van der Waals surface area contributed by atoms with Gasteiger partial charge in [0.05, 0.1) is 31.9 Å². The van der Waals surface area contributed by atoms with E-state index in [9.17, 15) is 32.2 Å². The number of fused-ring (bicyclic) bond motifs is 5. The van der Waals surface area contributed by atoms with Crippen LogP contribution in [0.3, 0.4) is 0 Å². The molecule has 0 aromatic rings. The maximum atomic E-state index is 13.0. The van der Waals surface area contributed by atoms with E-state index in [1.54, 1.807) is 4.72 Å². The number of hydrogen-bond acceptors (Lipinski definition) is 6. The molecule has 5 rings (SSSR count). The zero-order valence-electron chi connectivity index (χ0n) is 23.5. The van der Waals surface area contributed by atoms with Crippen LogP contribution in [0.5, 0.6) is 0 Å². The fourth-order valence-electron chi connectivity index (χ4n) is 9.87. The number of nitrogens with zero attached hydrogens (tertiary/aromatic N) is 1. The van der Waals surface area contributed by atoms with Gasteiger partial charge in [0.25, 0.3) is 5.92 Å². The molecular formula is C28H46F2N2O6S. The lowest BCUT2D eigenvalue weighted by Crippen LogP contribution is -2.62. The van der Waals surface area contributed by atoms with Crippen molar-refractivity contribution < 1.29 is 36.9 Å². The van der Waals surface area contributed by atoms with E-state index in [-0.39, 0.29) is 41.5 Å². The van der Waals surface area contributed by atoms with E-state index in [4.69, 9.17) is 4.74 Å². The second-order valence-corrected chi connectivity index (χ2v) is 15.4. The molecular weight excluding hydrogens is 530 g/mol. The van der Waals surface area contributed by atoms with E-state index in [0.29, 0.717) is 34.4 Å². The predicted molar refractivity (Wildman–Crippen MR) is 141 cm³/mol. The SMILES string of the molecule is CC[C@H]1[C@@H](O)[C@@H]2[C@H](CC[C@]3(C)[C@@H](CCCOC(=O)NS(=O)(=O)N4CC(F)(F)C4)CC[C@@H]23)[C@@]2(C)CC[C@@H](O)C[C@@H]12. The maximum absolute atomic E-state index is 13.0. The lowest BCUT2D eigenvalue weighted by atomic mass is 9.41. The third kappa shape index (κ3) is 5.12. The molecule has 5 fully saturated rings. The van der Waals surface area contributed by atoms with Gasteiger partial charge in [0.1, 0.15) is 0 Å². The predicted octanol–water partition coefficient (Wildman–Crippen LogP) is 4.32. The Morgan fingerprint density at radius 3 is 2.36 bits per heavy atom. The van der Waals surface area contributed by atoms with Crippen molar-refractivity contribution in [3.8, 4) is 0 Å². The number of rotatable bonds is 7. The minimum absolute atomic E-state index is 0.0590. The lowest BCUT2D eigenvalue weighted by molar-refractivity contribution is -0.202. The first-order valence-corrected chi connectivity index (χ1v) is 16.3. The largest absolute Gasteiger partial charge is 0.449 e. The van der Waals surface area contributed by atoms with Gasteiger partial charge in [0, 0.05) is 0 Å².